The summed E-state index contributed by atoms with van der Waals surface area (Å²) in [5.74, 6) is 0.492. The van der Waals surface area contributed by atoms with Crippen molar-refractivity contribution in [2.75, 3.05) is 0 Å². The van der Waals surface area contributed by atoms with Crippen LogP contribution in [0.4, 0.5) is 0 Å². The second kappa shape index (κ2) is 4.91. The maximum Gasteiger partial charge on any atom is 0.153 e. The maximum absolute atomic E-state index is 11.0. The molecule has 0 bridgehead atoms. The third kappa shape index (κ3) is 2.58. The standard InChI is InChI=1S/C13H15N3O/c1-10(2)7-16-8-11(9-17)13(15-16)12-5-3-4-6-14-12/h3-6,8-10H,7H2,1-2H3. The van der Waals surface area contributed by atoms with E-state index in [1.54, 1.807) is 17.1 Å². The first-order valence-electron chi connectivity index (χ1n) is 5.64. The molecule has 2 heterocycles. The Kier molecular flexibility index (Phi) is 3.32. The van der Waals surface area contributed by atoms with E-state index in [-0.39, 0.29) is 0 Å². The summed E-state index contributed by atoms with van der Waals surface area (Å²) in [6.07, 6.45) is 4.30. The molecule has 0 unspecified atom stereocenters. The van der Waals surface area contributed by atoms with Gasteiger partial charge in [-0.3, -0.25) is 14.5 Å². The summed E-state index contributed by atoms with van der Waals surface area (Å²) in [6.45, 7) is 5.03. The molecule has 0 aromatic carbocycles. The Morgan fingerprint density at radius 3 is 2.82 bits per heavy atom. The normalized spacial score (nSPS) is 10.8. The zero-order valence-corrected chi connectivity index (χ0v) is 10.00. The number of aldehydes is 1. The van der Waals surface area contributed by atoms with Gasteiger partial charge < -0.3 is 0 Å². The van der Waals surface area contributed by atoms with Gasteiger partial charge in [0.25, 0.3) is 0 Å². The minimum atomic E-state index is 0.492. The van der Waals surface area contributed by atoms with E-state index in [0.717, 1.165) is 18.5 Å². The number of pyridine rings is 1. The molecule has 0 aliphatic heterocycles. The van der Waals surface area contributed by atoms with Gasteiger partial charge in [0.1, 0.15) is 5.69 Å². The van der Waals surface area contributed by atoms with Crippen molar-refractivity contribution in [2.24, 2.45) is 5.92 Å². The van der Waals surface area contributed by atoms with Crippen LogP contribution in [0, 0.1) is 5.92 Å². The van der Waals surface area contributed by atoms with Crippen molar-refractivity contribution in [3.05, 3.63) is 36.2 Å². The molecule has 4 heteroatoms. The topological polar surface area (TPSA) is 47.8 Å². The van der Waals surface area contributed by atoms with Crippen molar-refractivity contribution >= 4 is 6.29 Å². The highest BCUT2D eigenvalue weighted by Gasteiger charge is 2.11. The number of carbonyl (C=O) groups is 1. The molecular weight excluding hydrogens is 214 g/mol. The molecule has 0 atom stereocenters. The van der Waals surface area contributed by atoms with Crippen LogP contribution in [0.3, 0.4) is 0 Å². The van der Waals surface area contributed by atoms with E-state index < -0.39 is 0 Å². The third-order valence-corrected chi connectivity index (χ3v) is 2.38. The minimum Gasteiger partial charge on any atom is -0.298 e. The third-order valence-electron chi connectivity index (χ3n) is 2.38. The average molecular weight is 229 g/mol. The van der Waals surface area contributed by atoms with Crippen molar-refractivity contribution in [3.63, 3.8) is 0 Å². The Bertz CT molecular complexity index is 503. The Balaban J connectivity index is 2.40. The van der Waals surface area contributed by atoms with Gasteiger partial charge in [0.2, 0.25) is 0 Å². The monoisotopic (exact) mass is 229 g/mol. The van der Waals surface area contributed by atoms with Gasteiger partial charge in [-0.25, -0.2) is 0 Å². The summed E-state index contributed by atoms with van der Waals surface area (Å²) >= 11 is 0. The van der Waals surface area contributed by atoms with E-state index in [0.29, 0.717) is 17.2 Å². The highest BCUT2D eigenvalue weighted by atomic mass is 16.1. The van der Waals surface area contributed by atoms with E-state index in [9.17, 15) is 4.79 Å². The van der Waals surface area contributed by atoms with Gasteiger partial charge in [-0.1, -0.05) is 19.9 Å². The molecule has 2 aromatic rings. The largest absolute Gasteiger partial charge is 0.298 e. The summed E-state index contributed by atoms with van der Waals surface area (Å²) in [4.78, 5) is 15.2. The van der Waals surface area contributed by atoms with Crippen LogP contribution in [0.5, 0.6) is 0 Å². The smallest absolute Gasteiger partial charge is 0.153 e. The van der Waals surface area contributed by atoms with E-state index in [1.807, 2.05) is 18.2 Å². The van der Waals surface area contributed by atoms with Gasteiger partial charge in [-0.2, -0.15) is 5.10 Å². The van der Waals surface area contributed by atoms with Gasteiger partial charge in [-0.15, -0.1) is 0 Å². The summed E-state index contributed by atoms with van der Waals surface area (Å²) in [5, 5.41) is 4.41. The number of nitrogens with zero attached hydrogens (tertiary/aromatic N) is 3. The molecule has 4 nitrogen and oxygen atoms in total. The average Bonchev–Trinajstić information content (AvgIpc) is 2.72. The molecule has 0 radical (unpaired) electrons. The van der Waals surface area contributed by atoms with Gasteiger partial charge in [-0.05, 0) is 18.1 Å². The van der Waals surface area contributed by atoms with Crippen LogP contribution in [0.15, 0.2) is 30.6 Å². The van der Waals surface area contributed by atoms with Crippen molar-refractivity contribution in [2.45, 2.75) is 20.4 Å². The molecule has 88 valence electrons. The molecule has 0 spiro atoms. The fourth-order valence-electron chi connectivity index (χ4n) is 1.69. The van der Waals surface area contributed by atoms with Crippen LogP contribution in [0.2, 0.25) is 0 Å². The number of hydrogen-bond acceptors (Lipinski definition) is 3. The second-order valence-electron chi connectivity index (χ2n) is 4.38. The minimum absolute atomic E-state index is 0.492. The maximum atomic E-state index is 11.0. The lowest BCUT2D eigenvalue weighted by molar-refractivity contribution is 0.112. The Morgan fingerprint density at radius 2 is 2.24 bits per heavy atom. The van der Waals surface area contributed by atoms with Crippen molar-refractivity contribution in [3.8, 4) is 11.4 Å². The SMILES string of the molecule is CC(C)Cn1cc(C=O)c(-c2ccccn2)n1. The Hall–Kier alpha value is -1.97. The zero-order chi connectivity index (χ0) is 12.3. The number of aromatic nitrogens is 3. The fourth-order valence-corrected chi connectivity index (χ4v) is 1.69. The summed E-state index contributed by atoms with van der Waals surface area (Å²) < 4.78 is 1.80. The van der Waals surface area contributed by atoms with Crippen LogP contribution in [-0.4, -0.2) is 21.1 Å². The zero-order valence-electron chi connectivity index (χ0n) is 10.00. The molecule has 0 saturated carbocycles. The summed E-state index contributed by atoms with van der Waals surface area (Å²) in [6, 6.07) is 5.59. The van der Waals surface area contributed by atoms with Crippen molar-refractivity contribution in [1.29, 1.82) is 0 Å². The molecule has 0 saturated heterocycles. The highest BCUT2D eigenvalue weighted by molar-refractivity contribution is 5.84. The highest BCUT2D eigenvalue weighted by Crippen LogP contribution is 2.18. The quantitative estimate of drug-likeness (QED) is 0.756. The molecule has 0 aliphatic carbocycles. The molecular formula is C13H15N3O. The lowest BCUT2D eigenvalue weighted by Crippen LogP contribution is -2.04. The fraction of sp³-hybridized carbons (Fsp3) is 0.308. The van der Waals surface area contributed by atoms with Crippen LogP contribution in [-0.2, 0) is 6.54 Å². The van der Waals surface area contributed by atoms with Crippen LogP contribution in [0.25, 0.3) is 11.4 Å². The lowest BCUT2D eigenvalue weighted by Gasteiger charge is -2.03. The molecule has 2 aromatic heterocycles. The number of rotatable bonds is 4. The van der Waals surface area contributed by atoms with Crippen LogP contribution >= 0.6 is 0 Å². The second-order valence-corrected chi connectivity index (χ2v) is 4.38. The van der Waals surface area contributed by atoms with E-state index in [4.69, 9.17) is 0 Å². The first-order chi connectivity index (χ1) is 8.20. The molecule has 0 fully saturated rings. The van der Waals surface area contributed by atoms with E-state index in [2.05, 4.69) is 23.9 Å². The van der Waals surface area contributed by atoms with Gasteiger partial charge in [0, 0.05) is 18.9 Å². The van der Waals surface area contributed by atoms with Crippen molar-refractivity contribution in [1.82, 2.24) is 14.8 Å². The Morgan fingerprint density at radius 1 is 1.41 bits per heavy atom. The first kappa shape index (κ1) is 11.5. The first-order valence-corrected chi connectivity index (χ1v) is 5.64. The predicted molar refractivity (Wildman–Crippen MR) is 65.7 cm³/mol. The molecule has 0 aliphatic rings. The lowest BCUT2D eigenvalue weighted by atomic mass is 10.2. The summed E-state index contributed by atoms with van der Waals surface area (Å²) in [7, 11) is 0. The summed E-state index contributed by atoms with van der Waals surface area (Å²) in [5.41, 5.74) is 1.97. The van der Waals surface area contributed by atoms with E-state index >= 15 is 0 Å². The van der Waals surface area contributed by atoms with Gasteiger partial charge >= 0.3 is 0 Å². The molecule has 17 heavy (non-hydrogen) atoms. The van der Waals surface area contributed by atoms with Crippen LogP contribution in [0.1, 0.15) is 24.2 Å². The number of hydrogen-bond donors (Lipinski definition) is 0. The van der Waals surface area contributed by atoms with Crippen molar-refractivity contribution < 1.29 is 4.79 Å². The van der Waals surface area contributed by atoms with Crippen LogP contribution < -0.4 is 0 Å². The predicted octanol–water partition coefficient (Wildman–Crippen LogP) is 2.41. The molecule has 0 N–H and O–H groups in total. The van der Waals surface area contributed by atoms with E-state index in [1.165, 1.54) is 0 Å². The Labute approximate surface area is 100 Å². The van der Waals surface area contributed by atoms with Gasteiger partial charge in [0.15, 0.2) is 6.29 Å². The number of carbonyl (C=O) groups excluding carboxylic acids is 1. The molecule has 0 amide bonds. The molecule has 2 rings (SSSR count). The van der Waals surface area contributed by atoms with Gasteiger partial charge in [0.05, 0.1) is 11.3 Å².